The molecule has 56 heavy (non-hydrogen) atoms. The fourth-order valence-corrected chi connectivity index (χ4v) is 33.0. The highest BCUT2D eigenvalue weighted by molar-refractivity contribution is 6.92. The largest absolute Gasteiger partial charge is 0.146 e. The van der Waals surface area contributed by atoms with Gasteiger partial charge in [0.25, 0.3) is 0 Å². The van der Waals surface area contributed by atoms with Crippen LogP contribution in [0.2, 0.25) is 66.5 Å². The van der Waals surface area contributed by atoms with Crippen molar-refractivity contribution in [3.05, 3.63) is 22.3 Å². The van der Waals surface area contributed by atoms with Crippen LogP contribution in [0, 0.1) is 45.9 Å². The molecule has 0 aromatic carbocycles. The lowest BCUT2D eigenvalue weighted by atomic mass is 9.85. The molecule has 1 aliphatic carbocycles. The molecule has 0 N–H and O–H groups in total. The summed E-state index contributed by atoms with van der Waals surface area (Å²) in [6, 6.07) is 0. The van der Waals surface area contributed by atoms with Gasteiger partial charge in [-0.1, -0.05) is 190 Å². The molecule has 0 amide bonds. The number of hydrogen-bond donors (Lipinski definition) is 0. The van der Waals surface area contributed by atoms with Crippen LogP contribution in [-0.4, -0.2) is 32.3 Å². The highest BCUT2D eigenvalue weighted by Crippen LogP contribution is 2.45. The first-order valence-corrected chi connectivity index (χ1v) is 32.2. The Bertz CT molecular complexity index is 1280. The molecule has 1 rings (SSSR count). The second-order valence-electron chi connectivity index (χ2n) is 21.5. The Kier molecular flexibility index (Phi) is 20.4. The molecule has 0 aliphatic heterocycles. The summed E-state index contributed by atoms with van der Waals surface area (Å²) in [6.45, 7) is 58.3. The van der Waals surface area contributed by atoms with Crippen LogP contribution in [0.5, 0.6) is 0 Å². The minimum Gasteiger partial charge on any atom is -0.124 e. The van der Waals surface area contributed by atoms with Gasteiger partial charge in [0.1, 0.15) is 32.3 Å². The van der Waals surface area contributed by atoms with Gasteiger partial charge in [0.2, 0.25) is 0 Å². The molecule has 0 aromatic rings. The zero-order chi connectivity index (χ0) is 43.7. The van der Waals surface area contributed by atoms with Gasteiger partial charge in [0, 0.05) is 0 Å². The minimum absolute atomic E-state index is 0.599. The van der Waals surface area contributed by atoms with E-state index in [-0.39, 0.29) is 0 Å². The molecule has 0 spiro atoms. The van der Waals surface area contributed by atoms with Crippen molar-refractivity contribution < 1.29 is 0 Å². The third-order valence-electron chi connectivity index (χ3n) is 15.2. The molecule has 1 fully saturated rings. The monoisotopic (exact) mass is 829 g/mol. The number of hydrogen-bond acceptors (Lipinski definition) is 0. The van der Waals surface area contributed by atoms with Crippen LogP contribution >= 0.6 is 0 Å². The molecule has 0 saturated heterocycles. The molecule has 0 unspecified atom stereocenters. The summed E-state index contributed by atoms with van der Waals surface area (Å²) >= 11 is 0. The van der Waals surface area contributed by atoms with Gasteiger partial charge in [0.15, 0.2) is 0 Å². The lowest BCUT2D eigenvalue weighted by Gasteiger charge is -2.38. The van der Waals surface area contributed by atoms with Crippen molar-refractivity contribution in [2.45, 2.75) is 258 Å². The van der Waals surface area contributed by atoms with Gasteiger partial charge < -0.3 is 0 Å². The summed E-state index contributed by atoms with van der Waals surface area (Å²) < 4.78 is 0. The van der Waals surface area contributed by atoms with Crippen LogP contribution < -0.4 is 0 Å². The summed E-state index contributed by atoms with van der Waals surface area (Å²) in [6.07, 6.45) is 4.06. The Morgan fingerprint density at radius 2 is 0.393 bits per heavy atom. The average molecular weight is 830 g/mol. The first-order valence-electron chi connectivity index (χ1n) is 23.2. The molecule has 4 heteroatoms. The first kappa shape index (κ1) is 52.6. The summed E-state index contributed by atoms with van der Waals surface area (Å²) in [5.74, 6) is 15.8. The molecular formula is C52H92Si4. The Balaban J connectivity index is 4.35. The van der Waals surface area contributed by atoms with E-state index in [0.717, 1.165) is 36.8 Å². The molecular weight excluding hydrogens is 737 g/mol. The second kappa shape index (κ2) is 21.7. The van der Waals surface area contributed by atoms with E-state index in [1.54, 1.807) is 0 Å². The van der Waals surface area contributed by atoms with E-state index in [0.29, 0.717) is 66.5 Å². The molecule has 0 radical (unpaired) electrons. The molecule has 1 saturated carbocycles. The van der Waals surface area contributed by atoms with E-state index in [4.69, 9.17) is 0 Å². The summed E-state index contributed by atoms with van der Waals surface area (Å²) in [4.78, 5) is 0. The van der Waals surface area contributed by atoms with Crippen LogP contribution in [0.15, 0.2) is 22.3 Å². The first-order chi connectivity index (χ1) is 25.7. The van der Waals surface area contributed by atoms with E-state index >= 15 is 0 Å². The zero-order valence-electron chi connectivity index (χ0n) is 41.8. The lowest BCUT2D eigenvalue weighted by Crippen LogP contribution is -2.43. The van der Waals surface area contributed by atoms with Crippen molar-refractivity contribution in [3.63, 3.8) is 0 Å². The van der Waals surface area contributed by atoms with E-state index in [9.17, 15) is 0 Å². The maximum atomic E-state index is 4.12. The fourth-order valence-electron chi connectivity index (χ4n) is 12.2. The quantitative estimate of drug-likeness (QED) is 0.136. The lowest BCUT2D eigenvalue weighted by molar-refractivity contribution is 0.722. The molecule has 0 nitrogen and oxygen atoms in total. The molecule has 0 heterocycles. The van der Waals surface area contributed by atoms with Gasteiger partial charge in [-0.25, -0.2) is 0 Å². The third-order valence-corrected chi connectivity index (χ3v) is 40.4. The van der Waals surface area contributed by atoms with E-state index in [1.165, 1.54) is 11.1 Å². The van der Waals surface area contributed by atoms with Crippen LogP contribution in [0.25, 0.3) is 0 Å². The van der Waals surface area contributed by atoms with Gasteiger partial charge in [-0.2, -0.15) is 0 Å². The summed E-state index contributed by atoms with van der Waals surface area (Å²) in [5, 5.41) is 0. The van der Waals surface area contributed by atoms with Gasteiger partial charge >= 0.3 is 0 Å². The molecule has 0 atom stereocenters. The SMILES string of the molecule is CC(C)[Si](C#CC(C#C[Si](C(C)C)(C(C)C)C(C)C)=C1CCC(=C(C#C[Si](C(C)C)(C(C)C)C(C)C)C#C[Si](C(C)C)(C(C)C)C(C)C)CC1)(C(C)C)C(C)C. The Morgan fingerprint density at radius 1 is 0.268 bits per heavy atom. The predicted octanol–water partition coefficient (Wildman–Crippen LogP) is 17.0. The third kappa shape index (κ3) is 11.0. The van der Waals surface area contributed by atoms with Crippen LogP contribution in [0.1, 0.15) is 192 Å². The average Bonchev–Trinajstić information content (AvgIpc) is 3.05. The Hall–Kier alpha value is -1.41. The standard InChI is InChI=1S/C52H92Si4/c1-37(2)53(38(3)4,39(5)6)33-29-51(30-34-54(40(7)8,41(9)10)42(11)12)49-25-27-50(28-26-49)52(31-35-55(43(13)14,44(15)16)45(17)18)32-36-56(46(19)20,47(21)22)48(23)24/h37-48H,25-28H2,1-24H3. The van der Waals surface area contributed by atoms with Crippen molar-refractivity contribution in [2.24, 2.45) is 0 Å². The van der Waals surface area contributed by atoms with E-state index in [1.807, 2.05) is 0 Å². The maximum Gasteiger partial charge on any atom is 0.146 e. The topological polar surface area (TPSA) is 0 Å². The molecule has 1 aliphatic rings. The zero-order valence-corrected chi connectivity index (χ0v) is 45.8. The second-order valence-corrected chi connectivity index (χ2v) is 43.9. The summed E-state index contributed by atoms with van der Waals surface area (Å²) in [5.41, 5.74) is 29.0. The molecule has 0 aromatic heterocycles. The highest BCUT2D eigenvalue weighted by Gasteiger charge is 2.45. The maximum absolute atomic E-state index is 4.12. The van der Waals surface area contributed by atoms with Crippen molar-refractivity contribution in [1.29, 1.82) is 0 Å². The van der Waals surface area contributed by atoms with Gasteiger partial charge in [-0.3, -0.25) is 0 Å². The van der Waals surface area contributed by atoms with Crippen LogP contribution in [0.3, 0.4) is 0 Å². The summed E-state index contributed by atoms with van der Waals surface area (Å²) in [7, 11) is -7.72. The number of allylic oxidation sites excluding steroid dienone is 4. The fraction of sp³-hybridized carbons (Fsp3) is 0.769. The normalized spacial score (nSPS) is 14.7. The minimum atomic E-state index is -1.93. The van der Waals surface area contributed by atoms with Crippen LogP contribution in [0.4, 0.5) is 0 Å². The molecule has 0 bridgehead atoms. The smallest absolute Gasteiger partial charge is 0.124 e. The van der Waals surface area contributed by atoms with Gasteiger partial charge in [0.05, 0.1) is 11.1 Å². The van der Waals surface area contributed by atoms with E-state index in [2.05, 4.69) is 212 Å². The predicted molar refractivity (Wildman–Crippen MR) is 268 cm³/mol. The Labute approximate surface area is 356 Å². The van der Waals surface area contributed by atoms with Crippen molar-refractivity contribution in [3.8, 4) is 45.9 Å². The van der Waals surface area contributed by atoms with Crippen molar-refractivity contribution in [1.82, 2.24) is 0 Å². The Morgan fingerprint density at radius 3 is 0.500 bits per heavy atom. The van der Waals surface area contributed by atoms with E-state index < -0.39 is 32.3 Å². The highest BCUT2D eigenvalue weighted by atomic mass is 28.3. The van der Waals surface area contributed by atoms with Crippen molar-refractivity contribution in [2.75, 3.05) is 0 Å². The van der Waals surface area contributed by atoms with Gasteiger partial charge in [-0.05, 0) is 103 Å². The number of rotatable bonds is 12. The molecule has 316 valence electrons. The van der Waals surface area contributed by atoms with Gasteiger partial charge in [-0.15, -0.1) is 22.2 Å². The van der Waals surface area contributed by atoms with Crippen molar-refractivity contribution >= 4 is 32.3 Å². The van der Waals surface area contributed by atoms with Crippen LogP contribution in [-0.2, 0) is 0 Å².